The van der Waals surface area contributed by atoms with Crippen molar-refractivity contribution in [2.24, 2.45) is 11.7 Å². The first kappa shape index (κ1) is 14.1. The Kier molecular flexibility index (Phi) is 4.59. The van der Waals surface area contributed by atoms with Crippen LogP contribution in [0.4, 0.5) is 0 Å². The minimum absolute atomic E-state index is 0.270. The number of amides is 1. The Morgan fingerprint density at radius 3 is 2.84 bits per heavy atom. The second-order valence-electron chi connectivity index (χ2n) is 5.69. The van der Waals surface area contributed by atoms with Crippen LogP contribution >= 0.6 is 0 Å². The highest BCUT2D eigenvalue weighted by atomic mass is 16.2. The fourth-order valence-electron chi connectivity index (χ4n) is 2.89. The first-order chi connectivity index (χ1) is 9.11. The summed E-state index contributed by atoms with van der Waals surface area (Å²) in [6.07, 6.45) is 1.66. The van der Waals surface area contributed by atoms with E-state index in [1.165, 1.54) is 11.1 Å². The van der Waals surface area contributed by atoms with Gasteiger partial charge in [0.15, 0.2) is 0 Å². The van der Waals surface area contributed by atoms with Gasteiger partial charge in [0.25, 0.3) is 0 Å². The molecule has 104 valence electrons. The van der Waals surface area contributed by atoms with E-state index in [9.17, 15) is 4.79 Å². The number of hydrogen-bond acceptors (Lipinski definition) is 2. The maximum atomic E-state index is 12.3. The van der Waals surface area contributed by atoms with Crippen LogP contribution in [0, 0.1) is 12.8 Å². The Morgan fingerprint density at radius 1 is 1.47 bits per heavy atom. The van der Waals surface area contributed by atoms with Crippen LogP contribution in [0.1, 0.15) is 36.8 Å². The van der Waals surface area contributed by atoms with Gasteiger partial charge in [-0.05, 0) is 42.9 Å². The van der Waals surface area contributed by atoms with Crippen molar-refractivity contribution in [1.29, 1.82) is 0 Å². The molecule has 1 fully saturated rings. The lowest BCUT2D eigenvalue weighted by Crippen LogP contribution is -2.30. The van der Waals surface area contributed by atoms with Gasteiger partial charge in [-0.15, -0.1) is 0 Å². The fraction of sp³-hybridized carbons (Fsp3) is 0.562. The van der Waals surface area contributed by atoms with Crippen molar-refractivity contribution in [1.82, 2.24) is 4.90 Å². The van der Waals surface area contributed by atoms with Crippen LogP contribution in [0.15, 0.2) is 24.3 Å². The van der Waals surface area contributed by atoms with Crippen molar-refractivity contribution >= 4 is 5.91 Å². The van der Waals surface area contributed by atoms with Crippen LogP contribution < -0.4 is 5.73 Å². The molecule has 0 unspecified atom stereocenters. The number of nitrogens with two attached hydrogens (primary N) is 1. The summed E-state index contributed by atoms with van der Waals surface area (Å²) in [7, 11) is 0. The van der Waals surface area contributed by atoms with E-state index in [0.29, 0.717) is 18.9 Å². The molecule has 3 heteroatoms. The van der Waals surface area contributed by atoms with Crippen LogP contribution in [0.5, 0.6) is 0 Å². The third kappa shape index (κ3) is 3.35. The van der Waals surface area contributed by atoms with E-state index in [2.05, 4.69) is 26.0 Å². The largest absolute Gasteiger partial charge is 0.342 e. The van der Waals surface area contributed by atoms with Crippen molar-refractivity contribution in [2.75, 3.05) is 19.6 Å². The van der Waals surface area contributed by atoms with Crippen LogP contribution in [-0.4, -0.2) is 30.4 Å². The van der Waals surface area contributed by atoms with Gasteiger partial charge in [-0.1, -0.05) is 31.2 Å². The number of nitrogens with zero attached hydrogens (tertiary/aromatic N) is 1. The fourth-order valence-corrected chi connectivity index (χ4v) is 2.89. The Labute approximate surface area is 115 Å². The lowest BCUT2D eigenvalue weighted by Gasteiger charge is -2.20. The van der Waals surface area contributed by atoms with Gasteiger partial charge >= 0.3 is 0 Å². The quantitative estimate of drug-likeness (QED) is 0.903. The van der Waals surface area contributed by atoms with Crippen molar-refractivity contribution in [3.05, 3.63) is 35.4 Å². The minimum atomic E-state index is 0.270. The minimum Gasteiger partial charge on any atom is -0.342 e. The van der Waals surface area contributed by atoms with E-state index >= 15 is 0 Å². The van der Waals surface area contributed by atoms with Gasteiger partial charge in [-0.2, -0.15) is 0 Å². The molecule has 0 bridgehead atoms. The maximum Gasteiger partial charge on any atom is 0.223 e. The molecule has 19 heavy (non-hydrogen) atoms. The molecular weight excluding hydrogens is 236 g/mol. The predicted molar refractivity (Wildman–Crippen MR) is 78.0 cm³/mol. The van der Waals surface area contributed by atoms with Gasteiger partial charge in [0, 0.05) is 19.5 Å². The lowest BCUT2D eigenvalue weighted by atomic mass is 9.93. The molecule has 0 aromatic heterocycles. The number of aryl methyl sites for hydroxylation is 1. The standard InChI is InChI=1S/C16H24N2O/c1-12-5-3-4-6-15(12)13(2)9-16(19)18-8-7-14(10-17)11-18/h3-6,13-14H,7-11,17H2,1-2H3/t13-,14-/m1/s1. The van der Waals surface area contributed by atoms with Gasteiger partial charge in [-0.25, -0.2) is 0 Å². The highest BCUT2D eigenvalue weighted by Crippen LogP contribution is 2.24. The SMILES string of the molecule is Cc1ccccc1[C@H](C)CC(=O)N1CC[C@H](CN)C1. The second kappa shape index (κ2) is 6.20. The molecule has 1 aliphatic heterocycles. The van der Waals surface area contributed by atoms with Crippen molar-refractivity contribution < 1.29 is 4.79 Å². The van der Waals surface area contributed by atoms with Gasteiger partial charge in [0.05, 0.1) is 0 Å². The molecule has 0 aliphatic carbocycles. The van der Waals surface area contributed by atoms with E-state index < -0.39 is 0 Å². The normalized spacial score (nSPS) is 20.6. The molecule has 1 aromatic rings. The van der Waals surface area contributed by atoms with Gasteiger partial charge < -0.3 is 10.6 Å². The number of carbonyl (C=O) groups excluding carboxylic acids is 1. The van der Waals surface area contributed by atoms with Gasteiger partial charge in [-0.3, -0.25) is 4.79 Å². The molecule has 1 aromatic carbocycles. The molecule has 1 amide bonds. The summed E-state index contributed by atoms with van der Waals surface area (Å²) in [5.41, 5.74) is 8.22. The molecule has 0 saturated carbocycles. The molecule has 2 atom stereocenters. The Hall–Kier alpha value is -1.35. The van der Waals surface area contributed by atoms with Crippen molar-refractivity contribution in [3.8, 4) is 0 Å². The van der Waals surface area contributed by atoms with E-state index in [0.717, 1.165) is 19.5 Å². The summed E-state index contributed by atoms with van der Waals surface area (Å²) < 4.78 is 0. The van der Waals surface area contributed by atoms with Crippen LogP contribution in [0.3, 0.4) is 0 Å². The zero-order chi connectivity index (χ0) is 13.8. The topological polar surface area (TPSA) is 46.3 Å². The van der Waals surface area contributed by atoms with Gasteiger partial charge in [0.2, 0.25) is 5.91 Å². The molecule has 0 radical (unpaired) electrons. The maximum absolute atomic E-state index is 12.3. The van der Waals surface area contributed by atoms with Crippen LogP contribution in [0.25, 0.3) is 0 Å². The van der Waals surface area contributed by atoms with Crippen LogP contribution in [0.2, 0.25) is 0 Å². The average molecular weight is 260 g/mol. The van der Waals surface area contributed by atoms with E-state index in [4.69, 9.17) is 5.73 Å². The Bertz CT molecular complexity index is 444. The first-order valence-corrected chi connectivity index (χ1v) is 7.15. The summed E-state index contributed by atoms with van der Waals surface area (Å²) >= 11 is 0. The van der Waals surface area contributed by atoms with Gasteiger partial charge in [0.1, 0.15) is 0 Å². The number of hydrogen-bond donors (Lipinski definition) is 1. The molecule has 2 rings (SSSR count). The third-order valence-electron chi connectivity index (χ3n) is 4.17. The van der Waals surface area contributed by atoms with E-state index in [1.807, 2.05) is 17.0 Å². The van der Waals surface area contributed by atoms with Crippen molar-refractivity contribution in [3.63, 3.8) is 0 Å². The molecule has 0 spiro atoms. The summed E-state index contributed by atoms with van der Waals surface area (Å²) in [4.78, 5) is 14.3. The first-order valence-electron chi connectivity index (χ1n) is 7.15. The zero-order valence-corrected chi connectivity index (χ0v) is 11.9. The molecule has 2 N–H and O–H groups in total. The number of likely N-dealkylation sites (tertiary alicyclic amines) is 1. The highest BCUT2D eigenvalue weighted by Gasteiger charge is 2.26. The lowest BCUT2D eigenvalue weighted by molar-refractivity contribution is -0.130. The molecule has 3 nitrogen and oxygen atoms in total. The smallest absolute Gasteiger partial charge is 0.223 e. The van der Waals surface area contributed by atoms with E-state index in [1.54, 1.807) is 0 Å². The number of benzene rings is 1. The second-order valence-corrected chi connectivity index (χ2v) is 5.69. The predicted octanol–water partition coefficient (Wildman–Crippen LogP) is 2.30. The van der Waals surface area contributed by atoms with E-state index in [-0.39, 0.29) is 11.8 Å². The average Bonchev–Trinajstić information content (AvgIpc) is 2.88. The molecule has 1 aliphatic rings. The summed E-state index contributed by atoms with van der Waals surface area (Å²) in [5.74, 6) is 1.05. The van der Waals surface area contributed by atoms with Crippen molar-refractivity contribution in [2.45, 2.75) is 32.6 Å². The zero-order valence-electron chi connectivity index (χ0n) is 11.9. The van der Waals surface area contributed by atoms with Crippen LogP contribution in [-0.2, 0) is 4.79 Å². The number of carbonyl (C=O) groups is 1. The monoisotopic (exact) mass is 260 g/mol. The molecule has 1 heterocycles. The Balaban J connectivity index is 1.94. The molecular formula is C16H24N2O. The molecule has 1 saturated heterocycles. The third-order valence-corrected chi connectivity index (χ3v) is 4.17. The number of rotatable bonds is 4. The Morgan fingerprint density at radius 2 is 2.21 bits per heavy atom. The summed E-state index contributed by atoms with van der Waals surface area (Å²) in [6, 6.07) is 8.32. The summed E-state index contributed by atoms with van der Waals surface area (Å²) in [5, 5.41) is 0. The summed E-state index contributed by atoms with van der Waals surface area (Å²) in [6.45, 7) is 6.65. The highest BCUT2D eigenvalue weighted by molar-refractivity contribution is 5.77.